The largest absolute Gasteiger partial charge is 0.459 e. The molecule has 0 aromatic carbocycles. The molecule has 2 heterocycles. The summed E-state index contributed by atoms with van der Waals surface area (Å²) in [6.07, 6.45) is 2.83. The molecule has 0 atom stereocenters. The molecule has 9 nitrogen and oxygen atoms in total. The van der Waals surface area contributed by atoms with E-state index in [0.29, 0.717) is 10.6 Å². The molecule has 0 saturated heterocycles. The van der Waals surface area contributed by atoms with Crippen molar-refractivity contribution in [1.29, 1.82) is 0 Å². The number of imide groups is 1. The van der Waals surface area contributed by atoms with Gasteiger partial charge in [0.1, 0.15) is 4.88 Å². The van der Waals surface area contributed by atoms with E-state index < -0.39 is 30.4 Å². The monoisotopic (exact) mass is 391 g/mol. The molecular weight excluding hydrogens is 374 g/mol. The van der Waals surface area contributed by atoms with Crippen LogP contribution in [0.15, 0.2) is 41.5 Å². The number of amides is 4. The van der Waals surface area contributed by atoms with Gasteiger partial charge in [-0.25, -0.2) is 9.59 Å². The summed E-state index contributed by atoms with van der Waals surface area (Å²) in [6.45, 7) is 4.66. The number of aryl methyl sites for hydroxylation is 1. The third-order valence-electron chi connectivity index (χ3n) is 3.08. The second kappa shape index (κ2) is 9.34. The van der Waals surface area contributed by atoms with Gasteiger partial charge in [0.25, 0.3) is 11.8 Å². The number of anilines is 1. The van der Waals surface area contributed by atoms with E-state index in [4.69, 9.17) is 9.15 Å². The number of ether oxygens (including phenoxy) is 1. The molecule has 27 heavy (non-hydrogen) atoms. The van der Waals surface area contributed by atoms with Gasteiger partial charge in [-0.1, -0.05) is 6.08 Å². The molecule has 0 spiro atoms. The molecule has 2 aromatic heterocycles. The predicted octanol–water partition coefficient (Wildman–Crippen LogP) is 2.07. The van der Waals surface area contributed by atoms with Crippen molar-refractivity contribution in [1.82, 2.24) is 10.6 Å². The van der Waals surface area contributed by atoms with Gasteiger partial charge in [-0.2, -0.15) is 0 Å². The third-order valence-corrected chi connectivity index (χ3v) is 4.21. The number of thiophene rings is 1. The number of carbonyl (C=O) groups excluding carboxylic acids is 4. The van der Waals surface area contributed by atoms with Crippen molar-refractivity contribution in [2.45, 2.75) is 6.92 Å². The number of hydrogen-bond donors (Lipinski definition) is 3. The first-order valence-corrected chi connectivity index (χ1v) is 8.53. The fourth-order valence-corrected chi connectivity index (χ4v) is 2.86. The fourth-order valence-electron chi connectivity index (χ4n) is 1.90. The van der Waals surface area contributed by atoms with E-state index in [0.717, 1.165) is 11.3 Å². The number of carbonyl (C=O) groups is 4. The summed E-state index contributed by atoms with van der Waals surface area (Å²) in [4.78, 5) is 47.2. The summed E-state index contributed by atoms with van der Waals surface area (Å²) >= 11 is 1.000. The molecule has 0 unspecified atom stereocenters. The Labute approximate surface area is 158 Å². The Kier molecular flexibility index (Phi) is 6.89. The van der Waals surface area contributed by atoms with Crippen LogP contribution >= 0.6 is 11.3 Å². The molecule has 0 radical (unpaired) electrons. The Morgan fingerprint density at radius 1 is 1.33 bits per heavy atom. The molecule has 0 bridgehead atoms. The number of urea groups is 1. The summed E-state index contributed by atoms with van der Waals surface area (Å²) in [5.74, 6) is -1.83. The lowest BCUT2D eigenvalue weighted by Crippen LogP contribution is -2.41. The predicted molar refractivity (Wildman–Crippen MR) is 97.7 cm³/mol. The van der Waals surface area contributed by atoms with Crippen molar-refractivity contribution in [2.24, 2.45) is 0 Å². The smallest absolute Gasteiger partial charge is 0.349 e. The second-order valence-corrected chi connectivity index (χ2v) is 6.23. The molecule has 142 valence electrons. The molecule has 3 N–H and O–H groups in total. The average molecular weight is 391 g/mol. The zero-order chi connectivity index (χ0) is 19.8. The molecule has 0 saturated carbocycles. The highest BCUT2D eigenvalue weighted by atomic mass is 32.1. The van der Waals surface area contributed by atoms with E-state index in [9.17, 15) is 19.2 Å². The van der Waals surface area contributed by atoms with E-state index in [2.05, 4.69) is 17.2 Å². The van der Waals surface area contributed by atoms with Crippen molar-refractivity contribution in [3.63, 3.8) is 0 Å². The van der Waals surface area contributed by atoms with Crippen molar-refractivity contribution < 1.29 is 28.3 Å². The van der Waals surface area contributed by atoms with E-state index in [1.807, 2.05) is 5.32 Å². The Morgan fingerprint density at radius 3 is 2.78 bits per heavy atom. The maximum atomic E-state index is 12.1. The fraction of sp³-hybridized carbons (Fsp3) is 0.176. The van der Waals surface area contributed by atoms with E-state index in [1.54, 1.807) is 19.1 Å². The highest BCUT2D eigenvalue weighted by Gasteiger charge is 2.19. The highest BCUT2D eigenvalue weighted by molar-refractivity contribution is 7.18. The Bertz CT molecular complexity index is 856. The van der Waals surface area contributed by atoms with E-state index in [1.165, 1.54) is 18.4 Å². The van der Waals surface area contributed by atoms with Crippen molar-refractivity contribution >= 4 is 40.2 Å². The van der Waals surface area contributed by atoms with Gasteiger partial charge in [-0.3, -0.25) is 14.9 Å². The van der Waals surface area contributed by atoms with Crippen molar-refractivity contribution in [3.8, 4) is 0 Å². The molecule has 2 rings (SSSR count). The van der Waals surface area contributed by atoms with Crippen LogP contribution in [-0.4, -0.2) is 37.0 Å². The second-order valence-electron chi connectivity index (χ2n) is 5.18. The molecular formula is C17H17N3O6S. The van der Waals surface area contributed by atoms with Gasteiger partial charge in [0.15, 0.2) is 12.4 Å². The lowest BCUT2D eigenvalue weighted by Gasteiger charge is -2.06. The summed E-state index contributed by atoms with van der Waals surface area (Å²) in [5, 5.41) is 7.39. The third kappa shape index (κ3) is 5.82. The minimum Gasteiger partial charge on any atom is -0.459 e. The van der Waals surface area contributed by atoms with Crippen LogP contribution in [0.4, 0.5) is 9.80 Å². The van der Waals surface area contributed by atoms with Gasteiger partial charge in [-0.05, 0) is 30.7 Å². The zero-order valence-corrected chi connectivity index (χ0v) is 15.2. The lowest BCUT2D eigenvalue weighted by atomic mass is 10.3. The van der Waals surface area contributed by atoms with Crippen LogP contribution in [-0.2, 0) is 9.53 Å². The first-order chi connectivity index (χ1) is 12.9. The first kappa shape index (κ1) is 19.9. The van der Waals surface area contributed by atoms with E-state index in [-0.39, 0.29) is 17.2 Å². The zero-order valence-electron chi connectivity index (χ0n) is 14.4. The molecule has 0 fully saturated rings. The van der Waals surface area contributed by atoms with Crippen molar-refractivity contribution in [3.05, 3.63) is 53.3 Å². The molecule has 4 amide bonds. The number of rotatable bonds is 7. The summed E-state index contributed by atoms with van der Waals surface area (Å²) in [5.41, 5.74) is 0.573. The van der Waals surface area contributed by atoms with Crippen LogP contribution in [0.3, 0.4) is 0 Å². The Hall–Kier alpha value is -3.40. The van der Waals surface area contributed by atoms with E-state index >= 15 is 0 Å². The number of hydrogen-bond acceptors (Lipinski definition) is 7. The SMILES string of the molecule is C=CCNC(=O)NC(=O)COC(=O)c1sc(NC(=O)c2ccco2)cc1C. The minimum absolute atomic E-state index is 0.136. The molecule has 2 aromatic rings. The quantitative estimate of drug-likeness (QED) is 0.490. The minimum atomic E-state index is -0.773. The Balaban J connectivity index is 1.88. The number of esters is 1. The molecule has 0 aliphatic carbocycles. The van der Waals surface area contributed by atoms with Crippen LogP contribution in [0.25, 0.3) is 0 Å². The highest BCUT2D eigenvalue weighted by Crippen LogP contribution is 2.27. The van der Waals surface area contributed by atoms with Gasteiger partial charge >= 0.3 is 12.0 Å². The summed E-state index contributed by atoms with van der Waals surface area (Å²) < 4.78 is 9.89. The number of furan rings is 1. The van der Waals surface area contributed by atoms with Gasteiger partial charge in [0.05, 0.1) is 11.3 Å². The van der Waals surface area contributed by atoms with Crippen LogP contribution in [0.5, 0.6) is 0 Å². The summed E-state index contributed by atoms with van der Waals surface area (Å²) in [7, 11) is 0. The van der Waals surface area contributed by atoms with Crippen LogP contribution in [0, 0.1) is 6.92 Å². The average Bonchev–Trinajstić information content (AvgIpc) is 3.27. The van der Waals surface area contributed by atoms with Crippen LogP contribution in [0.1, 0.15) is 25.8 Å². The van der Waals surface area contributed by atoms with Gasteiger partial charge in [-0.15, -0.1) is 17.9 Å². The Morgan fingerprint density at radius 2 is 2.11 bits per heavy atom. The molecule has 0 aliphatic rings. The number of nitrogens with one attached hydrogen (secondary N) is 3. The first-order valence-electron chi connectivity index (χ1n) is 7.71. The maximum Gasteiger partial charge on any atom is 0.349 e. The maximum absolute atomic E-state index is 12.1. The topological polar surface area (TPSA) is 127 Å². The van der Waals surface area contributed by atoms with Gasteiger partial charge in [0, 0.05) is 6.54 Å². The molecule has 10 heteroatoms. The summed E-state index contributed by atoms with van der Waals surface area (Å²) in [6, 6.07) is 3.98. The molecule has 0 aliphatic heterocycles. The standard InChI is InChI=1S/C17H17N3O6S/c1-3-6-18-17(24)19-12(21)9-26-16(23)14-10(2)8-13(27-14)20-15(22)11-5-4-7-25-11/h3-5,7-8H,1,6,9H2,2H3,(H,20,22)(H2,18,19,21,24). The van der Waals surface area contributed by atoms with Crippen LogP contribution < -0.4 is 16.0 Å². The normalized spacial score (nSPS) is 9.96. The van der Waals surface area contributed by atoms with Crippen LogP contribution in [0.2, 0.25) is 0 Å². The van der Waals surface area contributed by atoms with Gasteiger partial charge < -0.3 is 19.8 Å². The lowest BCUT2D eigenvalue weighted by molar-refractivity contribution is -0.123. The van der Waals surface area contributed by atoms with Crippen molar-refractivity contribution in [2.75, 3.05) is 18.5 Å². The van der Waals surface area contributed by atoms with Gasteiger partial charge in [0.2, 0.25) is 0 Å².